The van der Waals surface area contributed by atoms with Gasteiger partial charge in [-0.15, -0.1) is 5.10 Å². The quantitative estimate of drug-likeness (QED) is 0.588. The van der Waals surface area contributed by atoms with Gasteiger partial charge in [-0.1, -0.05) is 23.9 Å². The van der Waals surface area contributed by atoms with E-state index in [0.717, 1.165) is 16.6 Å². The van der Waals surface area contributed by atoms with E-state index in [1.54, 1.807) is 4.52 Å². The number of hydrogen-bond donors (Lipinski definition) is 1. The fraction of sp³-hybridized carbons (Fsp3) is 0.375. The van der Waals surface area contributed by atoms with E-state index < -0.39 is 0 Å². The van der Waals surface area contributed by atoms with E-state index >= 15 is 0 Å². The van der Waals surface area contributed by atoms with Gasteiger partial charge in [0.05, 0.1) is 10.8 Å². The van der Waals surface area contributed by atoms with Gasteiger partial charge in [-0.2, -0.15) is 4.52 Å². The first-order valence-electron chi connectivity index (χ1n) is 7.55. The SMILES string of the molecule is Cc1nc2c3ccccc3nc(S[C@H](C)C(=O)NC(C)C)n2n1. The summed E-state index contributed by atoms with van der Waals surface area (Å²) in [5.74, 6) is 0.675. The second kappa shape index (κ2) is 6.16. The number of rotatable bonds is 4. The van der Waals surface area contributed by atoms with Crippen molar-refractivity contribution in [2.75, 3.05) is 0 Å². The van der Waals surface area contributed by atoms with Crippen molar-refractivity contribution < 1.29 is 4.79 Å². The molecule has 0 radical (unpaired) electrons. The highest BCUT2D eigenvalue weighted by Crippen LogP contribution is 2.26. The number of benzene rings is 1. The molecular weight excluding hydrogens is 310 g/mol. The summed E-state index contributed by atoms with van der Waals surface area (Å²) >= 11 is 1.39. The van der Waals surface area contributed by atoms with Gasteiger partial charge in [0.1, 0.15) is 5.82 Å². The highest BCUT2D eigenvalue weighted by atomic mass is 32.2. The summed E-state index contributed by atoms with van der Waals surface area (Å²) in [4.78, 5) is 21.3. The van der Waals surface area contributed by atoms with Crippen LogP contribution in [0.3, 0.4) is 0 Å². The molecule has 0 bridgehead atoms. The molecule has 0 spiro atoms. The Hall–Kier alpha value is -2.15. The third-order valence-corrected chi connectivity index (χ3v) is 4.38. The molecule has 0 aliphatic carbocycles. The zero-order valence-corrected chi connectivity index (χ0v) is 14.4. The summed E-state index contributed by atoms with van der Waals surface area (Å²) in [5.41, 5.74) is 1.62. The molecule has 3 rings (SSSR count). The molecular formula is C16H19N5OS. The van der Waals surface area contributed by atoms with E-state index in [0.29, 0.717) is 11.0 Å². The van der Waals surface area contributed by atoms with Gasteiger partial charge < -0.3 is 5.32 Å². The number of hydrogen-bond acceptors (Lipinski definition) is 5. The lowest BCUT2D eigenvalue weighted by molar-refractivity contribution is -0.120. The van der Waals surface area contributed by atoms with Crippen LogP contribution < -0.4 is 5.32 Å². The van der Waals surface area contributed by atoms with Crippen LogP contribution in [0.25, 0.3) is 16.6 Å². The Bertz CT molecular complexity index is 873. The smallest absolute Gasteiger partial charge is 0.233 e. The van der Waals surface area contributed by atoms with Gasteiger partial charge in [-0.3, -0.25) is 4.79 Å². The lowest BCUT2D eigenvalue weighted by Crippen LogP contribution is -2.36. The van der Waals surface area contributed by atoms with E-state index in [-0.39, 0.29) is 17.2 Å². The van der Waals surface area contributed by atoms with Gasteiger partial charge in [0, 0.05) is 11.4 Å². The van der Waals surface area contributed by atoms with Crippen LogP contribution in [0, 0.1) is 6.92 Å². The van der Waals surface area contributed by atoms with Gasteiger partial charge >= 0.3 is 0 Å². The van der Waals surface area contributed by atoms with E-state index in [1.807, 2.05) is 52.0 Å². The van der Waals surface area contributed by atoms with Gasteiger partial charge in [0.25, 0.3) is 0 Å². The zero-order chi connectivity index (χ0) is 16.6. The van der Waals surface area contributed by atoms with Crippen molar-refractivity contribution in [3.05, 3.63) is 30.1 Å². The molecule has 0 aliphatic rings. The van der Waals surface area contributed by atoms with Crippen LogP contribution in [0.4, 0.5) is 0 Å². The minimum absolute atomic E-state index is 0.00931. The number of carbonyl (C=O) groups is 1. The maximum atomic E-state index is 12.2. The summed E-state index contributed by atoms with van der Waals surface area (Å²) in [6, 6.07) is 7.94. The average molecular weight is 329 g/mol. The molecule has 6 nitrogen and oxygen atoms in total. The molecule has 1 aromatic carbocycles. The molecule has 2 aromatic heterocycles. The highest BCUT2D eigenvalue weighted by molar-refractivity contribution is 8.00. The summed E-state index contributed by atoms with van der Waals surface area (Å²) in [6.07, 6.45) is 0. The molecule has 0 aliphatic heterocycles. The van der Waals surface area contributed by atoms with Crippen LogP contribution in [0.5, 0.6) is 0 Å². The van der Waals surface area contributed by atoms with E-state index in [1.165, 1.54) is 11.8 Å². The molecule has 0 saturated carbocycles. The van der Waals surface area contributed by atoms with Crippen LogP contribution in [0.15, 0.2) is 29.4 Å². The Labute approximate surface area is 138 Å². The maximum absolute atomic E-state index is 12.2. The number of nitrogens with zero attached hydrogens (tertiary/aromatic N) is 4. The number of fused-ring (bicyclic) bond motifs is 3. The van der Waals surface area contributed by atoms with Gasteiger partial charge in [-0.25, -0.2) is 9.97 Å². The molecule has 1 amide bonds. The molecule has 0 fully saturated rings. The number of carbonyl (C=O) groups excluding carboxylic acids is 1. The largest absolute Gasteiger partial charge is 0.353 e. The number of nitrogens with one attached hydrogen (secondary N) is 1. The summed E-state index contributed by atoms with van der Waals surface area (Å²) in [7, 11) is 0. The number of amides is 1. The normalized spacial score (nSPS) is 12.9. The topological polar surface area (TPSA) is 72.2 Å². The monoisotopic (exact) mass is 329 g/mol. The Balaban J connectivity index is 2.04. The highest BCUT2D eigenvalue weighted by Gasteiger charge is 2.19. The fourth-order valence-electron chi connectivity index (χ4n) is 2.32. The minimum Gasteiger partial charge on any atom is -0.353 e. The van der Waals surface area contributed by atoms with Crippen LogP contribution in [0.2, 0.25) is 0 Å². The van der Waals surface area contributed by atoms with Crippen molar-refractivity contribution in [1.82, 2.24) is 24.9 Å². The second-order valence-corrected chi connectivity index (χ2v) is 7.04. The van der Waals surface area contributed by atoms with E-state index in [4.69, 9.17) is 0 Å². The molecule has 120 valence electrons. The molecule has 1 N–H and O–H groups in total. The van der Waals surface area contributed by atoms with E-state index in [2.05, 4.69) is 20.4 Å². The predicted molar refractivity (Wildman–Crippen MR) is 91.6 cm³/mol. The second-order valence-electron chi connectivity index (χ2n) is 5.73. The van der Waals surface area contributed by atoms with Crippen LogP contribution in [-0.2, 0) is 4.79 Å². The molecule has 0 unspecified atom stereocenters. The van der Waals surface area contributed by atoms with E-state index in [9.17, 15) is 4.79 Å². The number of thioether (sulfide) groups is 1. The third-order valence-electron chi connectivity index (χ3n) is 3.34. The van der Waals surface area contributed by atoms with Crippen LogP contribution in [-0.4, -0.2) is 36.8 Å². The van der Waals surface area contributed by atoms with Crippen LogP contribution >= 0.6 is 11.8 Å². The first kappa shape index (κ1) is 15.7. The lowest BCUT2D eigenvalue weighted by Gasteiger charge is -2.14. The summed E-state index contributed by atoms with van der Waals surface area (Å²) in [5, 5.41) is 8.71. The van der Waals surface area contributed by atoms with Crippen molar-refractivity contribution in [3.8, 4) is 0 Å². The first-order chi connectivity index (χ1) is 11.0. The van der Waals surface area contributed by atoms with Gasteiger partial charge in [-0.05, 0) is 39.8 Å². The Morgan fingerprint density at radius 2 is 1.96 bits per heavy atom. The first-order valence-corrected chi connectivity index (χ1v) is 8.43. The Morgan fingerprint density at radius 3 is 2.70 bits per heavy atom. The lowest BCUT2D eigenvalue weighted by atomic mass is 10.2. The standard InChI is InChI=1S/C16H19N5OS/c1-9(2)17-15(22)10(3)23-16-19-13-8-6-5-7-12(13)14-18-11(4)20-21(14)16/h5-10H,1-4H3,(H,17,22)/t10-/m1/s1. The maximum Gasteiger partial charge on any atom is 0.233 e. The number of para-hydroxylation sites is 1. The molecule has 1 atom stereocenters. The molecule has 3 aromatic rings. The zero-order valence-electron chi connectivity index (χ0n) is 13.6. The van der Waals surface area contributed by atoms with Crippen molar-refractivity contribution >= 4 is 34.2 Å². The third kappa shape index (κ3) is 3.14. The van der Waals surface area contributed by atoms with Crippen molar-refractivity contribution in [1.29, 1.82) is 0 Å². The fourth-order valence-corrected chi connectivity index (χ4v) is 3.19. The summed E-state index contributed by atoms with van der Waals surface area (Å²) in [6.45, 7) is 7.62. The Kier molecular flexibility index (Phi) is 4.21. The van der Waals surface area contributed by atoms with Gasteiger partial charge in [0.2, 0.25) is 5.91 Å². The van der Waals surface area contributed by atoms with Crippen molar-refractivity contribution in [2.24, 2.45) is 0 Å². The van der Waals surface area contributed by atoms with Crippen molar-refractivity contribution in [2.45, 2.75) is 44.1 Å². The minimum atomic E-state index is -0.265. The number of aromatic nitrogens is 4. The predicted octanol–water partition coefficient (Wildman–Crippen LogP) is 2.59. The van der Waals surface area contributed by atoms with Crippen molar-refractivity contribution in [3.63, 3.8) is 0 Å². The average Bonchev–Trinajstić information content (AvgIpc) is 2.88. The number of aryl methyl sites for hydroxylation is 1. The Morgan fingerprint density at radius 1 is 1.22 bits per heavy atom. The van der Waals surface area contributed by atoms with Gasteiger partial charge in [0.15, 0.2) is 10.8 Å². The molecule has 23 heavy (non-hydrogen) atoms. The molecule has 7 heteroatoms. The van der Waals surface area contributed by atoms with Crippen LogP contribution in [0.1, 0.15) is 26.6 Å². The summed E-state index contributed by atoms with van der Waals surface area (Å²) < 4.78 is 1.72. The molecule has 0 saturated heterocycles. The molecule has 2 heterocycles.